The molecule has 0 saturated carbocycles. The molecule has 0 bridgehead atoms. The zero-order chi connectivity index (χ0) is 17.2. The maximum atomic E-state index is 12.5. The second kappa shape index (κ2) is 7.04. The minimum absolute atomic E-state index is 0.116. The van der Waals surface area contributed by atoms with Gasteiger partial charge in [0.1, 0.15) is 10.8 Å². The molecule has 3 rings (SSSR count). The fourth-order valence-electron chi connectivity index (χ4n) is 2.18. The predicted octanol–water partition coefficient (Wildman–Crippen LogP) is 4.56. The van der Waals surface area contributed by atoms with Gasteiger partial charge >= 0.3 is 0 Å². The van der Waals surface area contributed by atoms with E-state index in [-0.39, 0.29) is 5.75 Å². The minimum atomic E-state index is -3.41. The van der Waals surface area contributed by atoms with E-state index in [4.69, 9.17) is 4.74 Å². The summed E-state index contributed by atoms with van der Waals surface area (Å²) in [4.78, 5) is 4.75. The highest BCUT2D eigenvalue weighted by atomic mass is 79.9. The Labute approximate surface area is 153 Å². The molecule has 0 spiro atoms. The zero-order valence-electron chi connectivity index (χ0n) is 12.8. The number of thiazole rings is 1. The normalized spacial score (nSPS) is 11.4. The largest absolute Gasteiger partial charge is 0.497 e. The van der Waals surface area contributed by atoms with Crippen LogP contribution < -0.4 is 4.74 Å². The van der Waals surface area contributed by atoms with E-state index in [2.05, 4.69) is 20.9 Å². The van der Waals surface area contributed by atoms with Crippen molar-refractivity contribution in [3.8, 4) is 16.3 Å². The van der Waals surface area contributed by atoms with Gasteiger partial charge in [0.15, 0.2) is 9.84 Å². The molecule has 3 aromatic rings. The van der Waals surface area contributed by atoms with Crippen molar-refractivity contribution in [1.82, 2.24) is 4.98 Å². The van der Waals surface area contributed by atoms with Crippen molar-refractivity contribution >= 4 is 37.1 Å². The molecular formula is C17H14BrNO3S2. The van der Waals surface area contributed by atoms with Crippen LogP contribution in [0.4, 0.5) is 0 Å². The lowest BCUT2D eigenvalue weighted by Gasteiger charge is -2.03. The minimum Gasteiger partial charge on any atom is -0.497 e. The van der Waals surface area contributed by atoms with E-state index in [9.17, 15) is 8.42 Å². The lowest BCUT2D eigenvalue weighted by molar-refractivity contribution is 0.415. The van der Waals surface area contributed by atoms with Gasteiger partial charge in [-0.05, 0) is 36.4 Å². The van der Waals surface area contributed by atoms with E-state index in [0.717, 1.165) is 20.8 Å². The van der Waals surface area contributed by atoms with E-state index in [1.165, 1.54) is 11.3 Å². The van der Waals surface area contributed by atoms with Crippen LogP contribution in [0.1, 0.15) is 5.69 Å². The summed E-state index contributed by atoms with van der Waals surface area (Å²) in [6.45, 7) is 0. The zero-order valence-corrected chi connectivity index (χ0v) is 16.0. The first-order valence-corrected chi connectivity index (χ1v) is 10.4. The maximum Gasteiger partial charge on any atom is 0.184 e. The first-order chi connectivity index (χ1) is 11.5. The first-order valence-electron chi connectivity index (χ1n) is 7.05. The van der Waals surface area contributed by atoms with Crippen molar-refractivity contribution in [2.24, 2.45) is 0 Å². The second-order valence-electron chi connectivity index (χ2n) is 5.09. The number of aromatic nitrogens is 1. The van der Waals surface area contributed by atoms with Gasteiger partial charge in [0.2, 0.25) is 0 Å². The second-order valence-corrected chi connectivity index (χ2v) is 8.85. The molecule has 0 N–H and O–H groups in total. The number of halogens is 1. The molecule has 0 fully saturated rings. The Kier molecular flexibility index (Phi) is 5.03. The third-order valence-electron chi connectivity index (χ3n) is 3.38. The number of benzene rings is 2. The summed E-state index contributed by atoms with van der Waals surface area (Å²) in [6, 6.07) is 14.2. The van der Waals surface area contributed by atoms with Gasteiger partial charge in [-0.3, -0.25) is 0 Å². The van der Waals surface area contributed by atoms with E-state index >= 15 is 0 Å². The molecule has 24 heavy (non-hydrogen) atoms. The number of hydrogen-bond donors (Lipinski definition) is 0. The molecule has 0 aliphatic rings. The van der Waals surface area contributed by atoms with Crippen molar-refractivity contribution in [2.45, 2.75) is 10.6 Å². The number of ether oxygens (including phenoxy) is 1. The van der Waals surface area contributed by atoms with Crippen LogP contribution in [-0.2, 0) is 15.6 Å². The van der Waals surface area contributed by atoms with Crippen LogP contribution in [-0.4, -0.2) is 20.5 Å². The fourth-order valence-corrected chi connectivity index (χ4v) is 4.62. The molecule has 0 amide bonds. The summed E-state index contributed by atoms with van der Waals surface area (Å²) in [6.07, 6.45) is 0. The van der Waals surface area contributed by atoms with Crippen molar-refractivity contribution in [2.75, 3.05) is 7.11 Å². The van der Waals surface area contributed by atoms with Gasteiger partial charge in [-0.2, -0.15) is 0 Å². The Balaban J connectivity index is 1.84. The molecule has 0 aliphatic carbocycles. The predicted molar refractivity (Wildman–Crippen MR) is 99.1 cm³/mol. The third-order valence-corrected chi connectivity index (χ3v) is 6.51. The molecule has 2 aromatic carbocycles. The summed E-state index contributed by atoms with van der Waals surface area (Å²) >= 11 is 4.73. The maximum absolute atomic E-state index is 12.5. The average molecular weight is 424 g/mol. The lowest BCUT2D eigenvalue weighted by Crippen LogP contribution is -2.05. The Hall–Kier alpha value is -1.70. The number of nitrogens with zero attached hydrogens (tertiary/aromatic N) is 1. The van der Waals surface area contributed by atoms with Crippen molar-refractivity contribution < 1.29 is 13.2 Å². The summed E-state index contributed by atoms with van der Waals surface area (Å²) in [5.41, 5.74) is 1.45. The summed E-state index contributed by atoms with van der Waals surface area (Å²) < 4.78 is 31.0. The van der Waals surface area contributed by atoms with Gasteiger partial charge in [-0.1, -0.05) is 28.1 Å². The molecular weight excluding hydrogens is 410 g/mol. The molecule has 0 radical (unpaired) electrons. The van der Waals surface area contributed by atoms with E-state index < -0.39 is 9.84 Å². The Bertz CT molecular complexity index is 950. The van der Waals surface area contributed by atoms with Gasteiger partial charge in [0, 0.05) is 15.4 Å². The van der Waals surface area contributed by atoms with Crippen LogP contribution in [0, 0.1) is 0 Å². The molecule has 1 aromatic heterocycles. The average Bonchev–Trinajstić information content (AvgIpc) is 3.03. The summed E-state index contributed by atoms with van der Waals surface area (Å²) in [5.74, 6) is 0.626. The van der Waals surface area contributed by atoms with Crippen LogP contribution in [0.15, 0.2) is 63.3 Å². The van der Waals surface area contributed by atoms with Crippen LogP contribution in [0.5, 0.6) is 5.75 Å². The van der Waals surface area contributed by atoms with Gasteiger partial charge in [0.05, 0.1) is 23.5 Å². The smallest absolute Gasteiger partial charge is 0.184 e. The topological polar surface area (TPSA) is 56.3 Å². The van der Waals surface area contributed by atoms with Crippen molar-refractivity contribution in [3.63, 3.8) is 0 Å². The van der Waals surface area contributed by atoms with Crippen molar-refractivity contribution in [1.29, 1.82) is 0 Å². The molecule has 0 atom stereocenters. The SMILES string of the molecule is COc1cccc(-c2nc(CS(=O)(=O)c3ccc(Br)cc3)cs2)c1. The molecule has 0 unspecified atom stereocenters. The van der Waals surface area contributed by atoms with Crippen LogP contribution in [0.25, 0.3) is 10.6 Å². The fraction of sp³-hybridized carbons (Fsp3) is 0.118. The van der Waals surface area contributed by atoms with Crippen molar-refractivity contribution in [3.05, 3.63) is 64.1 Å². The molecule has 7 heteroatoms. The first kappa shape index (κ1) is 17.1. The van der Waals surface area contributed by atoms with Gasteiger partial charge < -0.3 is 4.74 Å². The number of methoxy groups -OCH3 is 1. The monoisotopic (exact) mass is 423 g/mol. The molecule has 124 valence electrons. The molecule has 1 heterocycles. The van der Waals surface area contributed by atoms with E-state index in [1.807, 2.05) is 24.3 Å². The number of sulfone groups is 1. The van der Waals surface area contributed by atoms with E-state index in [1.54, 1.807) is 36.8 Å². The summed E-state index contributed by atoms with van der Waals surface area (Å²) in [7, 11) is -1.80. The highest BCUT2D eigenvalue weighted by Crippen LogP contribution is 2.28. The molecule has 0 saturated heterocycles. The third kappa shape index (κ3) is 3.85. The molecule has 0 aliphatic heterocycles. The quantitative estimate of drug-likeness (QED) is 0.603. The Morgan fingerprint density at radius 3 is 2.62 bits per heavy atom. The van der Waals surface area contributed by atoms with Crippen LogP contribution >= 0.6 is 27.3 Å². The summed E-state index contributed by atoms with van der Waals surface area (Å²) in [5, 5.41) is 2.56. The number of hydrogen-bond acceptors (Lipinski definition) is 5. The highest BCUT2D eigenvalue weighted by molar-refractivity contribution is 9.10. The molecule has 4 nitrogen and oxygen atoms in total. The van der Waals surface area contributed by atoms with Gasteiger partial charge in [-0.15, -0.1) is 11.3 Å². The number of rotatable bonds is 5. The van der Waals surface area contributed by atoms with Crippen LogP contribution in [0.3, 0.4) is 0 Å². The Morgan fingerprint density at radius 1 is 1.17 bits per heavy atom. The Morgan fingerprint density at radius 2 is 1.92 bits per heavy atom. The van der Waals surface area contributed by atoms with E-state index in [0.29, 0.717) is 10.6 Å². The lowest BCUT2D eigenvalue weighted by atomic mass is 10.2. The van der Waals surface area contributed by atoms with Gasteiger partial charge in [0.25, 0.3) is 0 Å². The standard InChI is InChI=1S/C17H14BrNO3S2/c1-22-15-4-2-3-12(9-15)17-19-14(10-23-17)11-24(20,21)16-7-5-13(18)6-8-16/h2-10H,11H2,1H3. The van der Waals surface area contributed by atoms with Gasteiger partial charge in [-0.25, -0.2) is 13.4 Å². The highest BCUT2D eigenvalue weighted by Gasteiger charge is 2.17. The van der Waals surface area contributed by atoms with Crippen LogP contribution in [0.2, 0.25) is 0 Å².